The molecule has 1 spiro atoms. The topological polar surface area (TPSA) is 51.5 Å². The number of aliphatic imine (C=N–C) groups is 1. The summed E-state index contributed by atoms with van der Waals surface area (Å²) in [7, 11) is 0. The van der Waals surface area contributed by atoms with Crippen LogP contribution in [0.25, 0.3) is 11.1 Å². The Labute approximate surface area is 199 Å². The number of hydrogen-bond acceptors (Lipinski definition) is 4. The molecule has 1 heterocycles. The predicted octanol–water partition coefficient (Wildman–Crippen LogP) is 6.76. The Kier molecular flexibility index (Phi) is 8.29. The summed E-state index contributed by atoms with van der Waals surface area (Å²) in [5, 5.41) is 0. The van der Waals surface area contributed by atoms with Crippen LogP contribution in [0.4, 0.5) is 13.2 Å². The van der Waals surface area contributed by atoms with Gasteiger partial charge in [-0.2, -0.15) is 8.78 Å². The van der Waals surface area contributed by atoms with Crippen molar-refractivity contribution < 1.29 is 22.7 Å². The Morgan fingerprint density at radius 3 is 2.35 bits per heavy atom. The van der Waals surface area contributed by atoms with Gasteiger partial charge in [-0.3, -0.25) is 9.98 Å². The molecule has 0 saturated heterocycles. The highest BCUT2D eigenvalue weighted by molar-refractivity contribution is 5.79. The molecule has 0 radical (unpaired) electrons. The summed E-state index contributed by atoms with van der Waals surface area (Å²) in [6.07, 6.45) is 7.39. The van der Waals surface area contributed by atoms with Crippen LogP contribution in [0.1, 0.15) is 64.5 Å². The number of carbonyl (C=O) groups is 1. The maximum atomic E-state index is 13.7. The Balaban J connectivity index is 0.000000751. The van der Waals surface area contributed by atoms with Crippen molar-refractivity contribution in [3.05, 3.63) is 53.6 Å². The molecule has 1 aromatic heterocycles. The lowest BCUT2D eigenvalue weighted by Gasteiger charge is -2.45. The number of halogens is 3. The molecule has 1 atom stereocenters. The number of alkyl halides is 2. The van der Waals surface area contributed by atoms with Gasteiger partial charge in [-0.15, -0.1) is 0 Å². The molecular formula is C27H33F3N2O2. The van der Waals surface area contributed by atoms with Gasteiger partial charge in [0.1, 0.15) is 11.4 Å². The van der Waals surface area contributed by atoms with Crippen LogP contribution in [0.3, 0.4) is 0 Å². The van der Waals surface area contributed by atoms with Crippen LogP contribution in [0, 0.1) is 17.2 Å². The molecule has 1 aromatic carbocycles. The summed E-state index contributed by atoms with van der Waals surface area (Å²) in [4.78, 5) is 21.2. The standard InChI is InChI=1S/C23H23F3N2O2.C4H10/c1-2-28-23(14-29)20-10-15(17-9-18(24)13-27-12-17)3-4-16(20)11-22(23)7-5-19(6-8-22)30-21(25)26;1-4(2)3/h2-4,9-10,12-14,19,21H,5-8,11H2,1H3;4H,1-3H3. The van der Waals surface area contributed by atoms with Gasteiger partial charge in [0.2, 0.25) is 0 Å². The number of hydrogen-bond donors (Lipinski definition) is 0. The molecule has 0 bridgehead atoms. The zero-order valence-electron chi connectivity index (χ0n) is 20.2. The molecule has 4 nitrogen and oxygen atoms in total. The fourth-order valence-corrected chi connectivity index (χ4v) is 5.23. The van der Waals surface area contributed by atoms with Gasteiger partial charge in [-0.25, -0.2) is 4.39 Å². The molecule has 2 aliphatic rings. The third-order valence-corrected chi connectivity index (χ3v) is 6.58. The van der Waals surface area contributed by atoms with Gasteiger partial charge >= 0.3 is 6.61 Å². The van der Waals surface area contributed by atoms with E-state index in [1.54, 1.807) is 19.3 Å². The highest BCUT2D eigenvalue weighted by atomic mass is 19.3. The molecule has 7 heteroatoms. The van der Waals surface area contributed by atoms with Gasteiger partial charge in [-0.05, 0) is 80.0 Å². The molecule has 1 unspecified atom stereocenters. The van der Waals surface area contributed by atoms with Gasteiger partial charge in [0.15, 0.2) is 6.29 Å². The number of rotatable bonds is 5. The maximum Gasteiger partial charge on any atom is 0.345 e. The number of nitrogens with zero attached hydrogens (tertiary/aromatic N) is 2. The highest BCUT2D eigenvalue weighted by Crippen LogP contribution is 2.59. The lowest BCUT2D eigenvalue weighted by Crippen LogP contribution is -2.46. The predicted molar refractivity (Wildman–Crippen MR) is 128 cm³/mol. The molecular weight excluding hydrogens is 441 g/mol. The first-order chi connectivity index (χ1) is 16.2. The minimum Gasteiger partial charge on any atom is -0.320 e. The number of aromatic nitrogens is 1. The monoisotopic (exact) mass is 474 g/mol. The van der Waals surface area contributed by atoms with Crippen LogP contribution in [0.2, 0.25) is 0 Å². The highest BCUT2D eigenvalue weighted by Gasteiger charge is 2.58. The number of pyridine rings is 1. The second kappa shape index (κ2) is 10.8. The van der Waals surface area contributed by atoms with E-state index in [0.29, 0.717) is 37.7 Å². The van der Waals surface area contributed by atoms with Gasteiger partial charge in [0.25, 0.3) is 0 Å². The summed E-state index contributed by atoms with van der Waals surface area (Å²) >= 11 is 0. The van der Waals surface area contributed by atoms with Crippen LogP contribution in [0.15, 0.2) is 41.7 Å². The third kappa shape index (κ3) is 5.24. The van der Waals surface area contributed by atoms with Crippen molar-refractivity contribution in [3.8, 4) is 11.1 Å². The van der Waals surface area contributed by atoms with Crippen molar-refractivity contribution in [2.75, 3.05) is 0 Å². The Morgan fingerprint density at radius 2 is 1.79 bits per heavy atom. The van der Waals surface area contributed by atoms with Crippen molar-refractivity contribution in [2.45, 2.75) is 78.1 Å². The van der Waals surface area contributed by atoms with Crippen molar-refractivity contribution in [2.24, 2.45) is 16.3 Å². The second-order valence-electron chi connectivity index (χ2n) is 9.82. The molecule has 0 amide bonds. The van der Waals surface area contributed by atoms with E-state index >= 15 is 0 Å². The number of benzene rings is 1. The van der Waals surface area contributed by atoms with E-state index in [4.69, 9.17) is 4.74 Å². The Bertz CT molecular complexity index is 1010. The smallest absolute Gasteiger partial charge is 0.320 e. The molecule has 2 aromatic rings. The van der Waals surface area contributed by atoms with E-state index in [-0.39, 0.29) is 0 Å². The minimum absolute atomic E-state index is 0.435. The van der Waals surface area contributed by atoms with Crippen LogP contribution in [-0.4, -0.2) is 30.2 Å². The van der Waals surface area contributed by atoms with Crippen LogP contribution >= 0.6 is 0 Å². The van der Waals surface area contributed by atoms with E-state index in [0.717, 1.165) is 35.1 Å². The quantitative estimate of drug-likeness (QED) is 0.355. The van der Waals surface area contributed by atoms with Crippen molar-refractivity contribution in [3.63, 3.8) is 0 Å². The Hall–Kier alpha value is -2.54. The van der Waals surface area contributed by atoms with E-state index in [1.807, 2.05) is 18.2 Å². The van der Waals surface area contributed by atoms with Crippen LogP contribution < -0.4 is 0 Å². The van der Waals surface area contributed by atoms with Gasteiger partial charge < -0.3 is 9.53 Å². The van der Waals surface area contributed by atoms with E-state index in [1.165, 1.54) is 6.07 Å². The minimum atomic E-state index is -2.79. The summed E-state index contributed by atoms with van der Waals surface area (Å²) in [6, 6.07) is 7.14. The first-order valence-electron chi connectivity index (χ1n) is 11.8. The molecule has 1 saturated carbocycles. The fraction of sp³-hybridized carbons (Fsp3) is 0.519. The number of aldehydes is 1. The average Bonchev–Trinajstić information content (AvgIpc) is 3.04. The first kappa shape index (κ1) is 26.1. The van der Waals surface area contributed by atoms with Gasteiger partial charge in [0, 0.05) is 17.2 Å². The molecule has 0 aliphatic heterocycles. The summed E-state index contributed by atoms with van der Waals surface area (Å²) in [5.41, 5.74) is 1.60. The molecule has 1 fully saturated rings. The van der Waals surface area contributed by atoms with Crippen molar-refractivity contribution in [1.82, 2.24) is 4.98 Å². The summed E-state index contributed by atoms with van der Waals surface area (Å²) < 4.78 is 43.7. The Morgan fingerprint density at radius 1 is 1.12 bits per heavy atom. The van der Waals surface area contributed by atoms with Gasteiger partial charge in [0.05, 0.1) is 12.3 Å². The lowest BCUT2D eigenvalue weighted by molar-refractivity contribution is -0.177. The van der Waals surface area contributed by atoms with E-state index < -0.39 is 29.5 Å². The first-order valence-corrected chi connectivity index (χ1v) is 11.8. The zero-order valence-corrected chi connectivity index (χ0v) is 20.2. The average molecular weight is 475 g/mol. The lowest BCUT2D eigenvalue weighted by atomic mass is 9.62. The molecule has 2 aliphatic carbocycles. The van der Waals surface area contributed by atoms with E-state index in [2.05, 4.69) is 30.7 Å². The number of ether oxygens (including phenoxy) is 1. The number of carbonyl (C=O) groups excluding carboxylic acids is 1. The second-order valence-corrected chi connectivity index (χ2v) is 9.82. The van der Waals surface area contributed by atoms with Crippen LogP contribution in [-0.2, 0) is 21.5 Å². The maximum absolute atomic E-state index is 13.7. The molecule has 4 rings (SSSR count). The van der Waals surface area contributed by atoms with Crippen LogP contribution in [0.5, 0.6) is 0 Å². The SMILES string of the molecule is CC(C)C.CC=NC1(C=O)c2cc(-c3cncc(F)c3)ccc2CC12CCC(OC(F)F)CC2. The zero-order chi connectivity index (χ0) is 24.9. The largest absolute Gasteiger partial charge is 0.345 e. The van der Waals surface area contributed by atoms with Gasteiger partial charge in [-0.1, -0.05) is 32.9 Å². The van der Waals surface area contributed by atoms with Crippen molar-refractivity contribution >= 4 is 12.5 Å². The van der Waals surface area contributed by atoms with Crippen molar-refractivity contribution in [1.29, 1.82) is 0 Å². The summed E-state index contributed by atoms with van der Waals surface area (Å²) in [5.74, 6) is 0.398. The normalized spacial score (nSPS) is 26.1. The molecule has 0 N–H and O–H groups in total. The molecule has 34 heavy (non-hydrogen) atoms. The summed E-state index contributed by atoms with van der Waals surface area (Å²) in [6.45, 7) is 5.47. The molecule has 184 valence electrons. The fourth-order valence-electron chi connectivity index (χ4n) is 5.23. The van der Waals surface area contributed by atoms with E-state index in [9.17, 15) is 18.0 Å². The third-order valence-electron chi connectivity index (χ3n) is 6.58. The number of fused-ring (bicyclic) bond motifs is 1.